The molecule has 1 aliphatic heterocycles. The van der Waals surface area contributed by atoms with Gasteiger partial charge >= 0.3 is 0 Å². The summed E-state index contributed by atoms with van der Waals surface area (Å²) >= 11 is 0. The van der Waals surface area contributed by atoms with E-state index in [0.29, 0.717) is 24.0 Å². The summed E-state index contributed by atoms with van der Waals surface area (Å²) in [6.45, 7) is 5.62. The molecule has 1 aliphatic rings. The van der Waals surface area contributed by atoms with Crippen LogP contribution in [-0.4, -0.2) is 36.0 Å². The van der Waals surface area contributed by atoms with Gasteiger partial charge in [-0.25, -0.2) is 13.4 Å². The molecule has 19 heavy (non-hydrogen) atoms. The highest BCUT2D eigenvalue weighted by Crippen LogP contribution is 2.26. The van der Waals surface area contributed by atoms with E-state index in [-0.39, 0.29) is 11.8 Å². The van der Waals surface area contributed by atoms with Crippen LogP contribution in [0.1, 0.15) is 31.9 Å². The molecule has 6 heteroatoms. The lowest BCUT2D eigenvalue weighted by atomic mass is 9.92. The van der Waals surface area contributed by atoms with Gasteiger partial charge in [-0.1, -0.05) is 13.8 Å². The molecule has 5 nitrogen and oxygen atoms in total. The molecule has 1 saturated heterocycles. The van der Waals surface area contributed by atoms with Crippen LogP contribution in [0.2, 0.25) is 0 Å². The van der Waals surface area contributed by atoms with E-state index in [1.54, 1.807) is 6.33 Å². The minimum absolute atomic E-state index is 0.212. The normalized spacial score (nSPS) is 23.9. The molecule has 0 bridgehead atoms. The van der Waals surface area contributed by atoms with Gasteiger partial charge < -0.3 is 10.3 Å². The molecule has 2 N–H and O–H groups in total. The average molecular weight is 285 g/mol. The lowest BCUT2D eigenvalue weighted by Crippen LogP contribution is -2.22. The average Bonchev–Trinajstić information content (AvgIpc) is 2.87. The van der Waals surface area contributed by atoms with E-state index in [4.69, 9.17) is 5.73 Å². The maximum Gasteiger partial charge on any atom is 0.150 e. The molecule has 0 saturated carbocycles. The van der Waals surface area contributed by atoms with E-state index in [1.165, 1.54) is 0 Å². The SMILES string of the molecule is CC(C)C(CN)c1cncn1CC1CCS(=O)(=O)C1. The van der Waals surface area contributed by atoms with Crippen molar-refractivity contribution in [3.05, 3.63) is 18.2 Å². The molecule has 2 atom stereocenters. The molecule has 0 amide bonds. The fraction of sp³-hybridized carbons (Fsp3) is 0.769. The highest BCUT2D eigenvalue weighted by Gasteiger charge is 2.29. The minimum atomic E-state index is -2.81. The van der Waals surface area contributed by atoms with Gasteiger partial charge in [0.15, 0.2) is 9.84 Å². The maximum absolute atomic E-state index is 11.5. The van der Waals surface area contributed by atoms with Crippen LogP contribution in [0.4, 0.5) is 0 Å². The largest absolute Gasteiger partial charge is 0.334 e. The smallest absolute Gasteiger partial charge is 0.150 e. The standard InChI is InChI=1S/C13H23N3O2S/c1-10(2)12(5-14)13-6-15-9-16(13)7-11-3-4-19(17,18)8-11/h6,9-12H,3-5,7-8,14H2,1-2H3. The lowest BCUT2D eigenvalue weighted by molar-refractivity contribution is 0.434. The fourth-order valence-electron chi connectivity index (χ4n) is 2.82. The van der Waals surface area contributed by atoms with Gasteiger partial charge in [-0.15, -0.1) is 0 Å². The van der Waals surface area contributed by atoms with Crippen LogP contribution in [0.3, 0.4) is 0 Å². The van der Waals surface area contributed by atoms with Gasteiger partial charge in [-0.2, -0.15) is 0 Å². The van der Waals surface area contributed by atoms with Crippen molar-refractivity contribution in [2.75, 3.05) is 18.1 Å². The number of hydrogen-bond donors (Lipinski definition) is 1. The predicted molar refractivity (Wildman–Crippen MR) is 75.6 cm³/mol. The van der Waals surface area contributed by atoms with Crippen molar-refractivity contribution >= 4 is 9.84 Å². The van der Waals surface area contributed by atoms with E-state index in [9.17, 15) is 8.42 Å². The van der Waals surface area contributed by atoms with Crippen LogP contribution in [-0.2, 0) is 16.4 Å². The molecular weight excluding hydrogens is 262 g/mol. The van der Waals surface area contributed by atoms with E-state index in [2.05, 4.69) is 23.4 Å². The molecular formula is C13H23N3O2S. The first-order valence-electron chi connectivity index (χ1n) is 6.83. The van der Waals surface area contributed by atoms with Crippen molar-refractivity contribution < 1.29 is 8.42 Å². The number of sulfone groups is 1. The first-order valence-corrected chi connectivity index (χ1v) is 8.65. The molecule has 2 heterocycles. The zero-order valence-electron chi connectivity index (χ0n) is 11.6. The Labute approximate surface area is 115 Å². The van der Waals surface area contributed by atoms with Crippen molar-refractivity contribution in [2.45, 2.75) is 32.7 Å². The Kier molecular flexibility index (Phi) is 4.30. The number of hydrogen-bond acceptors (Lipinski definition) is 4. The molecule has 0 spiro atoms. The second kappa shape index (κ2) is 5.63. The molecule has 1 fully saturated rings. The van der Waals surface area contributed by atoms with Gasteiger partial charge in [-0.3, -0.25) is 0 Å². The quantitative estimate of drug-likeness (QED) is 0.876. The zero-order valence-corrected chi connectivity index (χ0v) is 12.4. The predicted octanol–water partition coefficient (Wildman–Crippen LogP) is 1.02. The number of nitrogens with zero attached hydrogens (tertiary/aromatic N) is 2. The third kappa shape index (κ3) is 3.36. The van der Waals surface area contributed by atoms with Crippen LogP contribution in [0.15, 0.2) is 12.5 Å². The first-order chi connectivity index (χ1) is 8.93. The van der Waals surface area contributed by atoms with Gasteiger partial charge in [-0.05, 0) is 18.3 Å². The summed E-state index contributed by atoms with van der Waals surface area (Å²) in [6, 6.07) is 0. The van der Waals surface area contributed by atoms with Gasteiger partial charge in [0.25, 0.3) is 0 Å². The molecule has 1 aromatic heterocycles. The fourth-order valence-corrected chi connectivity index (χ4v) is 4.67. The Morgan fingerprint density at radius 2 is 2.26 bits per heavy atom. The summed E-state index contributed by atoms with van der Waals surface area (Å²) in [4.78, 5) is 4.21. The Morgan fingerprint density at radius 3 is 2.79 bits per heavy atom. The lowest BCUT2D eigenvalue weighted by Gasteiger charge is -2.21. The highest BCUT2D eigenvalue weighted by atomic mass is 32.2. The third-order valence-electron chi connectivity index (χ3n) is 3.96. The van der Waals surface area contributed by atoms with E-state index >= 15 is 0 Å². The van der Waals surface area contributed by atoms with Crippen molar-refractivity contribution in [1.29, 1.82) is 0 Å². The van der Waals surface area contributed by atoms with Crippen molar-refractivity contribution in [3.8, 4) is 0 Å². The van der Waals surface area contributed by atoms with Gasteiger partial charge in [0.2, 0.25) is 0 Å². The number of aromatic nitrogens is 2. The second-order valence-electron chi connectivity index (χ2n) is 5.83. The summed E-state index contributed by atoms with van der Waals surface area (Å²) in [5.74, 6) is 1.57. The summed E-state index contributed by atoms with van der Waals surface area (Å²) in [5, 5.41) is 0. The number of rotatable bonds is 5. The van der Waals surface area contributed by atoms with Crippen molar-refractivity contribution in [3.63, 3.8) is 0 Å². The van der Waals surface area contributed by atoms with Crippen LogP contribution in [0.5, 0.6) is 0 Å². The van der Waals surface area contributed by atoms with Crippen LogP contribution in [0.25, 0.3) is 0 Å². The number of imidazole rings is 1. The first kappa shape index (κ1) is 14.5. The van der Waals surface area contributed by atoms with E-state index in [0.717, 1.165) is 18.7 Å². The zero-order chi connectivity index (χ0) is 14.0. The Bertz CT molecular complexity index is 522. The topological polar surface area (TPSA) is 78.0 Å². The molecule has 0 aromatic carbocycles. The van der Waals surface area contributed by atoms with Gasteiger partial charge in [0.05, 0.1) is 17.8 Å². The van der Waals surface area contributed by atoms with Gasteiger partial charge in [0.1, 0.15) is 0 Å². The van der Waals surface area contributed by atoms with Crippen LogP contribution < -0.4 is 5.73 Å². The molecule has 2 rings (SSSR count). The molecule has 0 aliphatic carbocycles. The summed E-state index contributed by atoms with van der Waals surface area (Å²) in [6.07, 6.45) is 4.42. The van der Waals surface area contributed by atoms with Crippen molar-refractivity contribution in [2.24, 2.45) is 17.6 Å². The molecule has 108 valence electrons. The molecule has 1 aromatic rings. The Hall–Kier alpha value is -0.880. The highest BCUT2D eigenvalue weighted by molar-refractivity contribution is 7.91. The minimum Gasteiger partial charge on any atom is -0.334 e. The Morgan fingerprint density at radius 1 is 1.53 bits per heavy atom. The maximum atomic E-state index is 11.5. The summed E-state index contributed by atoms with van der Waals surface area (Å²) < 4.78 is 25.1. The molecule has 0 radical (unpaired) electrons. The third-order valence-corrected chi connectivity index (χ3v) is 5.80. The van der Waals surface area contributed by atoms with Gasteiger partial charge in [0, 0.05) is 30.9 Å². The van der Waals surface area contributed by atoms with Crippen LogP contribution >= 0.6 is 0 Å². The summed E-state index contributed by atoms with van der Waals surface area (Å²) in [5.41, 5.74) is 6.97. The monoisotopic (exact) mass is 285 g/mol. The van der Waals surface area contributed by atoms with Crippen LogP contribution in [0, 0.1) is 11.8 Å². The Balaban J connectivity index is 2.12. The van der Waals surface area contributed by atoms with E-state index < -0.39 is 9.84 Å². The second-order valence-corrected chi connectivity index (χ2v) is 8.05. The van der Waals surface area contributed by atoms with E-state index in [1.807, 2.05) is 6.20 Å². The molecule has 2 unspecified atom stereocenters. The summed E-state index contributed by atoms with van der Waals surface area (Å²) in [7, 11) is -2.81. The van der Waals surface area contributed by atoms with Crippen molar-refractivity contribution in [1.82, 2.24) is 9.55 Å². The number of nitrogens with two attached hydrogens (primary N) is 1.